The van der Waals surface area contributed by atoms with Crippen molar-refractivity contribution in [2.45, 2.75) is 71.8 Å². The second-order valence-corrected chi connectivity index (χ2v) is 6.52. The fourth-order valence-electron chi connectivity index (χ4n) is 2.45. The van der Waals surface area contributed by atoms with Crippen molar-refractivity contribution in [1.29, 1.82) is 0 Å². The number of hydrogen-bond acceptors (Lipinski definition) is 4. The molecule has 4 heteroatoms. The van der Waals surface area contributed by atoms with Gasteiger partial charge in [-0.25, -0.2) is 9.97 Å². The van der Waals surface area contributed by atoms with E-state index in [2.05, 4.69) is 50.2 Å². The molecule has 112 valence electrons. The van der Waals surface area contributed by atoms with E-state index < -0.39 is 0 Å². The average molecular weight is 276 g/mol. The second kappa shape index (κ2) is 5.98. The molecule has 2 rings (SSSR count). The molecule has 1 fully saturated rings. The van der Waals surface area contributed by atoms with Crippen LogP contribution in [0.2, 0.25) is 0 Å². The maximum atomic E-state index is 4.75. The minimum Gasteiger partial charge on any atom is -0.370 e. The summed E-state index contributed by atoms with van der Waals surface area (Å²) in [6.07, 6.45) is 4.86. The largest absolute Gasteiger partial charge is 0.370 e. The van der Waals surface area contributed by atoms with Crippen molar-refractivity contribution in [2.24, 2.45) is 0 Å². The highest BCUT2D eigenvalue weighted by molar-refractivity contribution is 5.58. The van der Waals surface area contributed by atoms with E-state index in [0.29, 0.717) is 5.92 Å². The van der Waals surface area contributed by atoms with Crippen molar-refractivity contribution in [2.75, 3.05) is 17.2 Å². The molecule has 0 aromatic carbocycles. The Hall–Kier alpha value is -1.32. The summed E-state index contributed by atoms with van der Waals surface area (Å²) >= 11 is 0. The van der Waals surface area contributed by atoms with Crippen molar-refractivity contribution >= 4 is 11.6 Å². The molecule has 2 N–H and O–H groups in total. The number of rotatable bonds is 6. The van der Waals surface area contributed by atoms with Gasteiger partial charge in [-0.3, -0.25) is 0 Å². The standard InChI is InChI=1S/C16H28N4/c1-6-10-17-14-12(4)15(19-13(18-14)11(2)3)20-16(5)8-7-9-16/h11H,6-10H2,1-5H3,(H2,17,18,19,20). The van der Waals surface area contributed by atoms with Gasteiger partial charge in [0.05, 0.1) is 0 Å². The molecule has 0 bridgehead atoms. The van der Waals surface area contributed by atoms with E-state index in [4.69, 9.17) is 4.98 Å². The van der Waals surface area contributed by atoms with Gasteiger partial charge in [0.25, 0.3) is 0 Å². The maximum Gasteiger partial charge on any atom is 0.135 e. The predicted octanol–water partition coefficient (Wildman–Crippen LogP) is 4.08. The summed E-state index contributed by atoms with van der Waals surface area (Å²) in [5.41, 5.74) is 1.35. The number of hydrogen-bond donors (Lipinski definition) is 2. The van der Waals surface area contributed by atoms with E-state index in [0.717, 1.165) is 36.0 Å². The molecule has 4 nitrogen and oxygen atoms in total. The minimum absolute atomic E-state index is 0.218. The van der Waals surface area contributed by atoms with Crippen LogP contribution in [-0.2, 0) is 0 Å². The zero-order valence-corrected chi connectivity index (χ0v) is 13.5. The van der Waals surface area contributed by atoms with Crippen LogP contribution < -0.4 is 10.6 Å². The van der Waals surface area contributed by atoms with Gasteiger partial charge in [-0.05, 0) is 39.5 Å². The lowest BCUT2D eigenvalue weighted by Crippen LogP contribution is -2.42. The summed E-state index contributed by atoms with van der Waals surface area (Å²) in [6, 6.07) is 0. The molecule has 1 aliphatic carbocycles. The first-order valence-electron chi connectivity index (χ1n) is 7.86. The van der Waals surface area contributed by atoms with Crippen LogP contribution in [0.3, 0.4) is 0 Å². The summed E-state index contributed by atoms with van der Waals surface area (Å²) in [7, 11) is 0. The van der Waals surface area contributed by atoms with Crippen LogP contribution in [0.4, 0.5) is 11.6 Å². The highest BCUT2D eigenvalue weighted by Crippen LogP contribution is 2.36. The van der Waals surface area contributed by atoms with Crippen LogP contribution in [-0.4, -0.2) is 22.1 Å². The fourth-order valence-corrected chi connectivity index (χ4v) is 2.45. The molecule has 1 aromatic heterocycles. The number of nitrogens with one attached hydrogen (secondary N) is 2. The van der Waals surface area contributed by atoms with Crippen molar-refractivity contribution in [3.8, 4) is 0 Å². The predicted molar refractivity (Wildman–Crippen MR) is 85.5 cm³/mol. The van der Waals surface area contributed by atoms with Gasteiger partial charge in [0.2, 0.25) is 0 Å². The molecule has 0 saturated heterocycles. The lowest BCUT2D eigenvalue weighted by molar-refractivity contribution is 0.305. The molecule has 0 spiro atoms. The molecule has 0 radical (unpaired) electrons. The van der Waals surface area contributed by atoms with Gasteiger partial charge < -0.3 is 10.6 Å². The fraction of sp³-hybridized carbons (Fsp3) is 0.750. The number of nitrogens with zero attached hydrogens (tertiary/aromatic N) is 2. The molecule has 1 saturated carbocycles. The molecule has 0 unspecified atom stereocenters. The van der Waals surface area contributed by atoms with Crippen molar-refractivity contribution < 1.29 is 0 Å². The first-order chi connectivity index (χ1) is 9.45. The summed E-state index contributed by atoms with van der Waals surface area (Å²) < 4.78 is 0. The van der Waals surface area contributed by atoms with Crippen LogP contribution in [0.1, 0.15) is 70.7 Å². The van der Waals surface area contributed by atoms with Crippen molar-refractivity contribution in [3.63, 3.8) is 0 Å². The first-order valence-corrected chi connectivity index (χ1v) is 7.86. The summed E-state index contributed by atoms with van der Waals surface area (Å²) in [6.45, 7) is 11.8. The van der Waals surface area contributed by atoms with E-state index in [1.54, 1.807) is 0 Å². The molecule has 20 heavy (non-hydrogen) atoms. The Bertz CT molecular complexity index is 464. The van der Waals surface area contributed by atoms with Crippen LogP contribution in [0.15, 0.2) is 0 Å². The van der Waals surface area contributed by atoms with Gasteiger partial charge in [-0.1, -0.05) is 20.8 Å². The second-order valence-electron chi connectivity index (χ2n) is 6.52. The Morgan fingerprint density at radius 1 is 1.20 bits per heavy atom. The SMILES string of the molecule is CCCNc1nc(C(C)C)nc(NC2(C)CCC2)c1C. The summed E-state index contributed by atoms with van der Waals surface area (Å²) in [5.74, 6) is 3.24. The highest BCUT2D eigenvalue weighted by atomic mass is 15.1. The Morgan fingerprint density at radius 3 is 2.35 bits per heavy atom. The molecule has 0 aliphatic heterocycles. The minimum atomic E-state index is 0.218. The molecule has 0 amide bonds. The quantitative estimate of drug-likeness (QED) is 0.822. The van der Waals surface area contributed by atoms with Gasteiger partial charge in [0.15, 0.2) is 0 Å². The lowest BCUT2D eigenvalue weighted by Gasteiger charge is -2.40. The molecule has 1 aliphatic rings. The summed E-state index contributed by atoms with van der Waals surface area (Å²) in [4.78, 5) is 9.43. The third-order valence-corrected chi connectivity index (χ3v) is 4.10. The Morgan fingerprint density at radius 2 is 1.85 bits per heavy atom. The number of aromatic nitrogens is 2. The smallest absolute Gasteiger partial charge is 0.135 e. The molecule has 1 aromatic rings. The van der Waals surface area contributed by atoms with E-state index in [-0.39, 0.29) is 5.54 Å². The van der Waals surface area contributed by atoms with E-state index in [1.807, 2.05) is 0 Å². The Labute approximate surface area is 122 Å². The lowest BCUT2D eigenvalue weighted by atomic mass is 9.78. The molecule has 1 heterocycles. The van der Waals surface area contributed by atoms with Crippen molar-refractivity contribution in [1.82, 2.24) is 9.97 Å². The monoisotopic (exact) mass is 276 g/mol. The molecule has 0 atom stereocenters. The van der Waals surface area contributed by atoms with Gasteiger partial charge in [0, 0.05) is 23.6 Å². The third-order valence-electron chi connectivity index (χ3n) is 4.10. The van der Waals surface area contributed by atoms with E-state index in [1.165, 1.54) is 19.3 Å². The van der Waals surface area contributed by atoms with E-state index >= 15 is 0 Å². The van der Waals surface area contributed by atoms with Crippen molar-refractivity contribution in [3.05, 3.63) is 11.4 Å². The van der Waals surface area contributed by atoms with E-state index in [9.17, 15) is 0 Å². The van der Waals surface area contributed by atoms with Gasteiger partial charge >= 0.3 is 0 Å². The first kappa shape index (κ1) is 15.1. The maximum absolute atomic E-state index is 4.75. The Kier molecular flexibility index (Phi) is 4.51. The van der Waals surface area contributed by atoms with Gasteiger partial charge in [-0.2, -0.15) is 0 Å². The molecular weight excluding hydrogens is 248 g/mol. The van der Waals surface area contributed by atoms with Gasteiger partial charge in [0.1, 0.15) is 17.5 Å². The normalized spacial score (nSPS) is 16.9. The Balaban J connectivity index is 2.30. The van der Waals surface area contributed by atoms with Crippen LogP contribution in [0.25, 0.3) is 0 Å². The van der Waals surface area contributed by atoms with Gasteiger partial charge in [-0.15, -0.1) is 0 Å². The zero-order chi connectivity index (χ0) is 14.8. The average Bonchev–Trinajstić information content (AvgIpc) is 2.37. The van der Waals surface area contributed by atoms with Crippen LogP contribution in [0, 0.1) is 6.92 Å². The van der Waals surface area contributed by atoms with Crippen LogP contribution in [0.5, 0.6) is 0 Å². The highest BCUT2D eigenvalue weighted by Gasteiger charge is 2.32. The van der Waals surface area contributed by atoms with Crippen LogP contribution >= 0.6 is 0 Å². The number of anilines is 2. The third kappa shape index (κ3) is 3.22. The molecular formula is C16H28N4. The topological polar surface area (TPSA) is 49.8 Å². The summed E-state index contributed by atoms with van der Waals surface area (Å²) in [5, 5.41) is 7.07. The zero-order valence-electron chi connectivity index (χ0n) is 13.5.